The first kappa shape index (κ1) is 30.5. The average molecular weight is 627 g/mol. The molecule has 11 nitrogen and oxygen atoms in total. The highest BCUT2D eigenvalue weighted by atomic mass is 35.5. The average Bonchev–Trinajstić information content (AvgIpc) is 2.95. The highest BCUT2D eigenvalue weighted by Crippen LogP contribution is 2.33. The number of amides is 1. The Kier molecular flexibility index (Phi) is 9.05. The van der Waals surface area contributed by atoms with Crippen molar-refractivity contribution in [1.29, 1.82) is 0 Å². The van der Waals surface area contributed by atoms with Crippen LogP contribution in [-0.2, 0) is 11.8 Å². The fourth-order valence-corrected chi connectivity index (χ4v) is 5.30. The first-order chi connectivity index (χ1) is 20.5. The Morgan fingerprint density at radius 1 is 1.05 bits per heavy atom. The predicted octanol–water partition coefficient (Wildman–Crippen LogP) is 5.37. The number of anilines is 2. The number of nitrogens with one attached hydrogen (secondary N) is 1. The Labute approximate surface area is 259 Å². The molecule has 4 heterocycles. The van der Waals surface area contributed by atoms with E-state index in [-0.39, 0.29) is 17.6 Å². The van der Waals surface area contributed by atoms with Crippen molar-refractivity contribution in [2.24, 2.45) is 7.05 Å². The van der Waals surface area contributed by atoms with E-state index in [1.807, 2.05) is 20.8 Å². The molecule has 13 heteroatoms. The lowest BCUT2D eigenvalue weighted by Gasteiger charge is -2.35. The Hall–Kier alpha value is -3.93. The molecule has 1 aromatic carbocycles. The molecule has 1 amide bonds. The van der Waals surface area contributed by atoms with Gasteiger partial charge in [-0.05, 0) is 45.0 Å². The minimum atomic E-state index is -0.504. The molecule has 5 rings (SSSR count). The molecule has 3 aromatic heterocycles. The lowest BCUT2D eigenvalue weighted by Crippen LogP contribution is -2.50. The Bertz CT molecular complexity index is 1680. The molecule has 1 saturated heterocycles. The summed E-state index contributed by atoms with van der Waals surface area (Å²) in [6.07, 6.45) is 2.99. The van der Waals surface area contributed by atoms with Crippen LogP contribution in [0, 0.1) is 0 Å². The van der Waals surface area contributed by atoms with Gasteiger partial charge in [0.1, 0.15) is 29.4 Å². The molecule has 226 valence electrons. The molecule has 1 aliphatic heterocycles. The smallest absolute Gasteiger partial charge is 0.410 e. The number of pyridine rings is 2. The van der Waals surface area contributed by atoms with Gasteiger partial charge in [0, 0.05) is 69.2 Å². The van der Waals surface area contributed by atoms with Crippen LogP contribution < -0.4 is 15.6 Å². The van der Waals surface area contributed by atoms with E-state index in [0.29, 0.717) is 63.5 Å². The number of aryl methyl sites for hydroxylation is 1. The summed E-state index contributed by atoms with van der Waals surface area (Å²) in [5, 5.41) is 4.51. The molecule has 0 radical (unpaired) electrons. The highest BCUT2D eigenvalue weighted by Gasteiger charge is 2.25. The van der Waals surface area contributed by atoms with E-state index in [2.05, 4.69) is 25.2 Å². The number of fused-ring (bicyclic) bond motifs is 1. The van der Waals surface area contributed by atoms with Crippen molar-refractivity contribution in [2.45, 2.75) is 26.4 Å². The zero-order valence-electron chi connectivity index (χ0n) is 24.4. The minimum Gasteiger partial charge on any atom is -0.492 e. The van der Waals surface area contributed by atoms with Crippen LogP contribution in [0.5, 0.6) is 5.75 Å². The van der Waals surface area contributed by atoms with Gasteiger partial charge in [-0.25, -0.2) is 14.8 Å². The number of carbonyl (C=O) groups excluding carboxylic acids is 1. The lowest BCUT2D eigenvalue weighted by molar-refractivity contribution is 0.0137. The topological polar surface area (TPSA) is 115 Å². The third kappa shape index (κ3) is 7.35. The summed E-state index contributed by atoms with van der Waals surface area (Å²) in [6, 6.07) is 10.3. The maximum atomic E-state index is 13.2. The van der Waals surface area contributed by atoms with Gasteiger partial charge in [-0.2, -0.15) is 4.98 Å². The number of rotatable bonds is 7. The third-order valence-corrected chi connectivity index (χ3v) is 7.48. The van der Waals surface area contributed by atoms with Crippen molar-refractivity contribution in [3.63, 3.8) is 0 Å². The van der Waals surface area contributed by atoms with Crippen molar-refractivity contribution < 1.29 is 14.3 Å². The van der Waals surface area contributed by atoms with Crippen molar-refractivity contribution in [1.82, 2.24) is 29.3 Å². The van der Waals surface area contributed by atoms with E-state index >= 15 is 0 Å². The van der Waals surface area contributed by atoms with Gasteiger partial charge in [-0.15, -0.1) is 0 Å². The minimum absolute atomic E-state index is 0.274. The highest BCUT2D eigenvalue weighted by molar-refractivity contribution is 6.39. The van der Waals surface area contributed by atoms with Gasteiger partial charge < -0.3 is 19.7 Å². The van der Waals surface area contributed by atoms with E-state index in [1.165, 1.54) is 4.57 Å². The molecule has 0 bridgehead atoms. The molecule has 0 aliphatic carbocycles. The fraction of sp³-hybridized carbons (Fsp3) is 0.367. The molecular formula is C30H33Cl2N7O4. The summed E-state index contributed by atoms with van der Waals surface area (Å²) in [6.45, 7) is 9.53. The number of benzene rings is 1. The van der Waals surface area contributed by atoms with Crippen LogP contribution in [0.1, 0.15) is 20.8 Å². The zero-order valence-corrected chi connectivity index (χ0v) is 25.9. The van der Waals surface area contributed by atoms with E-state index < -0.39 is 5.60 Å². The zero-order chi connectivity index (χ0) is 30.7. The summed E-state index contributed by atoms with van der Waals surface area (Å²) in [7, 11) is 1.64. The van der Waals surface area contributed by atoms with Gasteiger partial charge in [-0.1, -0.05) is 29.3 Å². The van der Waals surface area contributed by atoms with Crippen LogP contribution in [0.15, 0.2) is 53.6 Å². The van der Waals surface area contributed by atoms with Crippen molar-refractivity contribution in [2.75, 3.05) is 44.6 Å². The monoisotopic (exact) mass is 625 g/mol. The molecule has 0 atom stereocenters. The molecule has 0 saturated carbocycles. The van der Waals surface area contributed by atoms with Gasteiger partial charge >= 0.3 is 6.09 Å². The number of hydrogen-bond acceptors (Lipinski definition) is 9. The summed E-state index contributed by atoms with van der Waals surface area (Å²) >= 11 is 12.7. The maximum absolute atomic E-state index is 13.2. The lowest BCUT2D eigenvalue weighted by atomic mass is 10.1. The molecule has 0 unspecified atom stereocenters. The van der Waals surface area contributed by atoms with Gasteiger partial charge in [-0.3, -0.25) is 14.3 Å². The summed E-state index contributed by atoms with van der Waals surface area (Å²) in [5.74, 6) is 1.41. The third-order valence-electron chi connectivity index (χ3n) is 6.85. The first-order valence-electron chi connectivity index (χ1n) is 13.9. The van der Waals surface area contributed by atoms with Gasteiger partial charge in [0.15, 0.2) is 0 Å². The Morgan fingerprint density at radius 3 is 2.47 bits per heavy atom. The standard InChI is InChI=1S/C30H33Cl2N7O4/c1-30(2,3)43-29(41)39-12-10-38(11-13-39)14-15-42-20-8-9-33-24(17-20)35-28-34-18-19-16-21(27(40)37(4)26(19)36-28)25-22(31)6-5-7-23(25)32/h5-9,16-18H,10-15H2,1-4H3,(H,33,34,35,36). The number of halogens is 2. The van der Waals surface area contributed by atoms with E-state index in [1.54, 1.807) is 60.7 Å². The molecular weight excluding hydrogens is 593 g/mol. The number of aromatic nitrogens is 4. The van der Waals surface area contributed by atoms with E-state index in [9.17, 15) is 9.59 Å². The molecule has 43 heavy (non-hydrogen) atoms. The Morgan fingerprint density at radius 2 is 1.77 bits per heavy atom. The number of carbonyl (C=O) groups is 1. The molecule has 0 spiro atoms. The number of ether oxygens (including phenoxy) is 2. The summed E-state index contributed by atoms with van der Waals surface area (Å²) in [4.78, 5) is 42.8. The number of nitrogens with zero attached hydrogens (tertiary/aromatic N) is 6. The van der Waals surface area contributed by atoms with E-state index in [0.717, 1.165) is 19.6 Å². The fourth-order valence-electron chi connectivity index (χ4n) is 4.70. The quantitative estimate of drug-likeness (QED) is 0.289. The van der Waals surface area contributed by atoms with Crippen molar-refractivity contribution in [3.05, 3.63) is 69.2 Å². The maximum Gasteiger partial charge on any atom is 0.410 e. The van der Waals surface area contributed by atoms with Crippen molar-refractivity contribution >= 4 is 52.1 Å². The second-order valence-corrected chi connectivity index (χ2v) is 12.0. The second-order valence-electron chi connectivity index (χ2n) is 11.2. The Balaban J connectivity index is 1.20. The number of piperazine rings is 1. The van der Waals surface area contributed by atoms with Gasteiger partial charge in [0.05, 0.1) is 15.6 Å². The van der Waals surface area contributed by atoms with Gasteiger partial charge in [0.25, 0.3) is 5.56 Å². The molecule has 1 N–H and O–H groups in total. The van der Waals surface area contributed by atoms with Crippen LogP contribution in [-0.4, -0.2) is 80.3 Å². The second kappa shape index (κ2) is 12.7. The summed E-state index contributed by atoms with van der Waals surface area (Å²) in [5.41, 5.74) is 0.488. The molecule has 4 aromatic rings. The van der Waals surface area contributed by atoms with Crippen LogP contribution in [0.4, 0.5) is 16.6 Å². The SMILES string of the molecule is Cn1c(=O)c(-c2c(Cl)cccc2Cl)cc2cnc(Nc3cc(OCCN4CCN(C(=O)OC(C)(C)C)CC4)ccn3)nc21. The summed E-state index contributed by atoms with van der Waals surface area (Å²) < 4.78 is 12.9. The number of hydrogen-bond donors (Lipinski definition) is 1. The van der Waals surface area contributed by atoms with Gasteiger partial charge in [0.2, 0.25) is 5.95 Å². The van der Waals surface area contributed by atoms with Crippen LogP contribution >= 0.6 is 23.2 Å². The largest absolute Gasteiger partial charge is 0.492 e. The molecule has 1 fully saturated rings. The normalized spacial score (nSPS) is 14.1. The predicted molar refractivity (Wildman–Crippen MR) is 167 cm³/mol. The molecule has 1 aliphatic rings. The first-order valence-corrected chi connectivity index (χ1v) is 14.6. The van der Waals surface area contributed by atoms with E-state index in [4.69, 9.17) is 32.7 Å². The van der Waals surface area contributed by atoms with Crippen molar-refractivity contribution in [3.8, 4) is 16.9 Å². The van der Waals surface area contributed by atoms with Crippen LogP contribution in [0.2, 0.25) is 10.0 Å². The van der Waals surface area contributed by atoms with Crippen LogP contribution in [0.25, 0.3) is 22.2 Å². The van der Waals surface area contributed by atoms with Crippen LogP contribution in [0.3, 0.4) is 0 Å².